The van der Waals surface area contributed by atoms with Gasteiger partial charge >= 0.3 is 0 Å². The van der Waals surface area contributed by atoms with Crippen LogP contribution in [-0.2, 0) is 9.59 Å². The van der Waals surface area contributed by atoms with Crippen molar-refractivity contribution in [2.24, 2.45) is 0 Å². The number of hydrogen-bond acceptors (Lipinski definition) is 3. The number of hydrogen-bond donors (Lipinski definition) is 3. The topological polar surface area (TPSA) is 70.2 Å². The molecule has 0 spiro atoms. The fraction of sp³-hybridized carbons (Fsp3) is 0.846. The summed E-state index contributed by atoms with van der Waals surface area (Å²) in [6, 6.07) is -0.774. The average molecular weight is 257 g/mol. The van der Waals surface area contributed by atoms with Gasteiger partial charge in [-0.15, -0.1) is 0 Å². The fourth-order valence-corrected chi connectivity index (χ4v) is 1.38. The highest BCUT2D eigenvalue weighted by Gasteiger charge is 2.24. The van der Waals surface area contributed by atoms with Crippen molar-refractivity contribution >= 4 is 11.8 Å². The van der Waals surface area contributed by atoms with E-state index in [-0.39, 0.29) is 23.4 Å². The molecule has 106 valence electrons. The van der Waals surface area contributed by atoms with E-state index in [9.17, 15) is 9.59 Å². The standard InChI is InChI=1S/C13H27N3O2/c1-7-13(5,6)16-12(18)10(4)15-9(3)11(17)14-8-2/h9-10,15H,7-8H2,1-6H3,(H,14,17)(H,16,18). The molecule has 0 aromatic heterocycles. The Bertz CT molecular complexity index is 290. The van der Waals surface area contributed by atoms with Crippen LogP contribution in [-0.4, -0.2) is 36.0 Å². The van der Waals surface area contributed by atoms with Gasteiger partial charge in [0.05, 0.1) is 12.1 Å². The Morgan fingerprint density at radius 1 is 1.06 bits per heavy atom. The van der Waals surface area contributed by atoms with E-state index in [1.165, 1.54) is 0 Å². The SMILES string of the molecule is CCNC(=O)C(C)NC(C)C(=O)NC(C)(C)CC. The Kier molecular flexibility index (Phi) is 6.91. The summed E-state index contributed by atoms with van der Waals surface area (Å²) in [5, 5.41) is 8.65. The third-order valence-corrected chi connectivity index (χ3v) is 2.98. The first kappa shape index (κ1) is 16.9. The van der Waals surface area contributed by atoms with Gasteiger partial charge in [-0.1, -0.05) is 6.92 Å². The molecule has 0 bridgehead atoms. The Morgan fingerprint density at radius 2 is 1.56 bits per heavy atom. The fourth-order valence-electron chi connectivity index (χ4n) is 1.38. The summed E-state index contributed by atoms with van der Waals surface area (Å²) in [5.74, 6) is -0.176. The van der Waals surface area contributed by atoms with Crippen LogP contribution in [0.2, 0.25) is 0 Å². The number of nitrogens with one attached hydrogen (secondary N) is 3. The molecule has 2 atom stereocenters. The molecule has 0 radical (unpaired) electrons. The average Bonchev–Trinajstić information content (AvgIpc) is 2.28. The number of rotatable bonds is 7. The second kappa shape index (κ2) is 7.36. The van der Waals surface area contributed by atoms with E-state index >= 15 is 0 Å². The van der Waals surface area contributed by atoms with Crippen LogP contribution in [0, 0.1) is 0 Å². The zero-order valence-corrected chi connectivity index (χ0v) is 12.4. The first-order chi connectivity index (χ1) is 8.23. The van der Waals surface area contributed by atoms with Gasteiger partial charge in [-0.3, -0.25) is 14.9 Å². The van der Waals surface area contributed by atoms with E-state index in [1.54, 1.807) is 13.8 Å². The summed E-state index contributed by atoms with van der Waals surface area (Å²) >= 11 is 0. The second-order valence-corrected chi connectivity index (χ2v) is 5.23. The van der Waals surface area contributed by atoms with Gasteiger partial charge in [0, 0.05) is 12.1 Å². The summed E-state index contributed by atoms with van der Waals surface area (Å²) in [5.41, 5.74) is -0.220. The maximum atomic E-state index is 11.9. The molecule has 5 heteroatoms. The minimum atomic E-state index is -0.395. The maximum Gasteiger partial charge on any atom is 0.237 e. The predicted molar refractivity (Wildman–Crippen MR) is 73.3 cm³/mol. The van der Waals surface area contributed by atoms with Crippen LogP contribution in [0.5, 0.6) is 0 Å². The van der Waals surface area contributed by atoms with Crippen molar-refractivity contribution in [3.05, 3.63) is 0 Å². The lowest BCUT2D eigenvalue weighted by Gasteiger charge is -2.27. The van der Waals surface area contributed by atoms with Gasteiger partial charge in [0.25, 0.3) is 0 Å². The molecule has 0 fully saturated rings. The number of carbonyl (C=O) groups excluding carboxylic acids is 2. The predicted octanol–water partition coefficient (Wildman–Crippen LogP) is 0.794. The maximum absolute atomic E-state index is 11.9. The summed E-state index contributed by atoms with van der Waals surface area (Å²) in [6.45, 7) is 11.9. The molecular formula is C13H27N3O2. The summed E-state index contributed by atoms with van der Waals surface area (Å²) < 4.78 is 0. The highest BCUT2D eigenvalue weighted by molar-refractivity contribution is 5.85. The highest BCUT2D eigenvalue weighted by Crippen LogP contribution is 2.07. The summed E-state index contributed by atoms with van der Waals surface area (Å²) in [6.07, 6.45) is 0.858. The van der Waals surface area contributed by atoms with Crippen molar-refractivity contribution in [2.75, 3.05) is 6.54 Å². The molecule has 0 aromatic rings. The van der Waals surface area contributed by atoms with Gasteiger partial charge in [-0.2, -0.15) is 0 Å². The van der Waals surface area contributed by atoms with Crippen molar-refractivity contribution in [3.8, 4) is 0 Å². The van der Waals surface area contributed by atoms with E-state index in [0.29, 0.717) is 6.54 Å². The highest BCUT2D eigenvalue weighted by atomic mass is 16.2. The second-order valence-electron chi connectivity index (χ2n) is 5.23. The van der Waals surface area contributed by atoms with E-state index in [0.717, 1.165) is 6.42 Å². The van der Waals surface area contributed by atoms with Gasteiger partial charge in [-0.05, 0) is 41.0 Å². The molecule has 0 aliphatic rings. The van der Waals surface area contributed by atoms with Crippen LogP contribution in [0.1, 0.15) is 48.0 Å². The van der Waals surface area contributed by atoms with Gasteiger partial charge in [0.2, 0.25) is 11.8 Å². The molecule has 0 aliphatic heterocycles. The van der Waals surface area contributed by atoms with E-state index in [4.69, 9.17) is 0 Å². The van der Waals surface area contributed by atoms with E-state index < -0.39 is 6.04 Å². The molecule has 0 rings (SSSR count). The molecule has 5 nitrogen and oxygen atoms in total. The van der Waals surface area contributed by atoms with E-state index in [2.05, 4.69) is 16.0 Å². The van der Waals surface area contributed by atoms with E-state index in [1.807, 2.05) is 27.7 Å². The molecule has 0 saturated heterocycles. The zero-order valence-electron chi connectivity index (χ0n) is 12.4. The van der Waals surface area contributed by atoms with Crippen molar-refractivity contribution in [1.29, 1.82) is 0 Å². The summed E-state index contributed by atoms with van der Waals surface area (Å²) in [7, 11) is 0. The smallest absolute Gasteiger partial charge is 0.237 e. The van der Waals surface area contributed by atoms with Gasteiger partial charge in [-0.25, -0.2) is 0 Å². The lowest BCUT2D eigenvalue weighted by Crippen LogP contribution is -2.54. The summed E-state index contributed by atoms with van der Waals surface area (Å²) in [4.78, 5) is 23.5. The minimum Gasteiger partial charge on any atom is -0.355 e. The van der Waals surface area contributed by atoms with Crippen LogP contribution in [0.3, 0.4) is 0 Å². The zero-order chi connectivity index (χ0) is 14.3. The third-order valence-electron chi connectivity index (χ3n) is 2.98. The van der Waals surface area contributed by atoms with Crippen molar-refractivity contribution in [3.63, 3.8) is 0 Å². The number of amides is 2. The quantitative estimate of drug-likeness (QED) is 0.631. The largest absolute Gasteiger partial charge is 0.355 e. The molecular weight excluding hydrogens is 230 g/mol. The monoisotopic (exact) mass is 257 g/mol. The van der Waals surface area contributed by atoms with Crippen LogP contribution < -0.4 is 16.0 Å². The first-order valence-corrected chi connectivity index (χ1v) is 6.59. The molecule has 0 heterocycles. The number of likely N-dealkylation sites (N-methyl/N-ethyl adjacent to an activating group) is 1. The Balaban J connectivity index is 4.28. The minimum absolute atomic E-state index is 0.0852. The Hall–Kier alpha value is -1.10. The van der Waals surface area contributed by atoms with Gasteiger partial charge in [0.1, 0.15) is 0 Å². The van der Waals surface area contributed by atoms with Crippen LogP contribution in [0.4, 0.5) is 0 Å². The molecule has 2 amide bonds. The van der Waals surface area contributed by atoms with Crippen LogP contribution >= 0.6 is 0 Å². The lowest BCUT2D eigenvalue weighted by atomic mass is 10.0. The first-order valence-electron chi connectivity index (χ1n) is 6.59. The van der Waals surface area contributed by atoms with Gasteiger partial charge < -0.3 is 10.6 Å². The van der Waals surface area contributed by atoms with Crippen molar-refractivity contribution in [1.82, 2.24) is 16.0 Å². The molecule has 0 aromatic carbocycles. The van der Waals surface area contributed by atoms with Crippen molar-refractivity contribution in [2.45, 2.75) is 65.6 Å². The van der Waals surface area contributed by atoms with Crippen LogP contribution in [0.25, 0.3) is 0 Å². The molecule has 18 heavy (non-hydrogen) atoms. The van der Waals surface area contributed by atoms with Gasteiger partial charge in [0.15, 0.2) is 0 Å². The molecule has 3 N–H and O–H groups in total. The molecule has 0 aliphatic carbocycles. The Morgan fingerprint density at radius 3 is 2.00 bits per heavy atom. The lowest BCUT2D eigenvalue weighted by molar-refractivity contribution is -0.126. The van der Waals surface area contributed by atoms with Crippen LogP contribution in [0.15, 0.2) is 0 Å². The normalized spacial score (nSPS) is 14.8. The molecule has 0 saturated carbocycles. The third kappa shape index (κ3) is 6.00. The number of carbonyl (C=O) groups is 2. The van der Waals surface area contributed by atoms with Crippen molar-refractivity contribution < 1.29 is 9.59 Å². The Labute approximate surface area is 110 Å². The molecule has 2 unspecified atom stereocenters.